The molecule has 12 atom stereocenters. The van der Waals surface area contributed by atoms with Gasteiger partial charge in [0.2, 0.25) is 0 Å². The molecule has 326 valence electrons. The molecule has 2 aromatic rings. The van der Waals surface area contributed by atoms with E-state index in [1.54, 1.807) is 5.57 Å². The highest BCUT2D eigenvalue weighted by Gasteiger charge is 2.60. The molecule has 0 spiro atoms. The molecule has 0 heterocycles. The van der Waals surface area contributed by atoms with Crippen LogP contribution in [0.1, 0.15) is 158 Å². The Morgan fingerprint density at radius 3 is 1.42 bits per heavy atom. The quantitative estimate of drug-likeness (QED) is 0.242. The third kappa shape index (κ3) is 7.26. The summed E-state index contributed by atoms with van der Waals surface area (Å²) in [5.41, 5.74) is 4.07. The van der Waals surface area contributed by atoms with Crippen molar-refractivity contribution in [2.75, 3.05) is 0 Å². The zero-order valence-electron chi connectivity index (χ0n) is 39.1. The Kier molecular flexibility index (Phi) is 11.9. The van der Waals surface area contributed by atoms with Crippen LogP contribution in [0.4, 0.5) is 0 Å². The van der Waals surface area contributed by atoms with Gasteiger partial charge in [0.05, 0.1) is 6.10 Å². The second-order valence-electron chi connectivity index (χ2n) is 23.7. The first kappa shape index (κ1) is 44.1. The van der Waals surface area contributed by atoms with E-state index in [1.807, 2.05) is 0 Å². The van der Waals surface area contributed by atoms with Gasteiger partial charge in [-0.3, -0.25) is 9.59 Å². The molecule has 0 radical (unpaired) electrons. The highest BCUT2D eigenvalue weighted by Crippen LogP contribution is 2.65. The number of hydrogen-bond donors (Lipinski definition) is 1. The molecule has 0 bridgehead atoms. The number of ketones is 2. The lowest BCUT2D eigenvalue weighted by atomic mass is 9.47. The summed E-state index contributed by atoms with van der Waals surface area (Å²) in [5.74, 6) is 6.37. The maximum atomic E-state index is 12.4. The molecular weight excluding hydrogens is 749 g/mol. The fraction of sp³-hybridized carbons (Fsp3) is 0.679. The zero-order chi connectivity index (χ0) is 42.9. The van der Waals surface area contributed by atoms with Crippen molar-refractivity contribution in [1.29, 1.82) is 0 Å². The topological polar surface area (TPSA) is 54.4 Å². The van der Waals surface area contributed by atoms with Crippen molar-refractivity contribution < 1.29 is 14.7 Å². The van der Waals surface area contributed by atoms with Gasteiger partial charge in [0, 0.05) is 23.7 Å². The number of hydrogen-bond acceptors (Lipinski definition) is 3. The van der Waals surface area contributed by atoms with Crippen LogP contribution < -0.4 is 10.4 Å². The lowest BCUT2D eigenvalue weighted by molar-refractivity contribution is -0.132. The first-order valence-electron chi connectivity index (χ1n) is 24.6. The highest BCUT2D eigenvalue weighted by molar-refractivity contribution is 7.03. The molecule has 0 saturated heterocycles. The second kappa shape index (κ2) is 16.2. The van der Waals surface area contributed by atoms with E-state index in [4.69, 9.17) is 0 Å². The van der Waals surface area contributed by atoms with Crippen LogP contribution in [0.2, 0.25) is 11.6 Å². The fourth-order valence-corrected chi connectivity index (χ4v) is 19.4. The van der Waals surface area contributed by atoms with Crippen molar-refractivity contribution in [2.45, 2.75) is 176 Å². The summed E-state index contributed by atoms with van der Waals surface area (Å²) in [6.45, 7) is 21.6. The SMILES string of the molecule is CC(C)(C)[Si](C)(c1ccccc1)c1ccccc1.C[C@H]1CC[C@@]2(C)C(=CCC3C2CC[C@]2(C)C(=O)CCC32)C1.C[C@]12CC[C@H](O)CC1=CCC1C2CC[C@]2(C)C(=O)CCC12. The van der Waals surface area contributed by atoms with Gasteiger partial charge in [0.15, 0.2) is 0 Å². The van der Waals surface area contributed by atoms with Gasteiger partial charge in [-0.15, -0.1) is 0 Å². The van der Waals surface area contributed by atoms with E-state index in [0.717, 1.165) is 81.5 Å². The molecule has 3 nitrogen and oxygen atoms in total. The van der Waals surface area contributed by atoms with Crippen LogP contribution in [-0.4, -0.2) is 30.9 Å². The van der Waals surface area contributed by atoms with Gasteiger partial charge in [-0.25, -0.2) is 0 Å². The fourth-order valence-electron chi connectivity index (χ4n) is 15.6. The van der Waals surface area contributed by atoms with Gasteiger partial charge in [-0.1, -0.05) is 156 Å². The number of allylic oxidation sites excluding steroid dienone is 3. The largest absolute Gasteiger partial charge is 0.393 e. The van der Waals surface area contributed by atoms with Crippen LogP contribution in [0.3, 0.4) is 0 Å². The number of carbonyl (C=O) groups is 2. The van der Waals surface area contributed by atoms with E-state index in [0.29, 0.717) is 45.2 Å². The Hall–Kier alpha value is -2.56. The number of Topliss-reactive ketones (excluding diaryl/α,β-unsaturated/α-hetero) is 2. The Morgan fingerprint density at radius 2 is 0.967 bits per heavy atom. The number of fused-ring (bicyclic) bond motifs is 10. The molecule has 6 saturated carbocycles. The summed E-state index contributed by atoms with van der Waals surface area (Å²) in [6, 6.07) is 22.0. The van der Waals surface area contributed by atoms with Gasteiger partial charge < -0.3 is 5.11 Å². The molecule has 2 aromatic carbocycles. The monoisotopic (exact) mass is 829 g/mol. The van der Waals surface area contributed by atoms with E-state index in [2.05, 4.69) is 135 Å². The van der Waals surface area contributed by atoms with Crippen LogP contribution in [-0.2, 0) is 9.59 Å². The zero-order valence-corrected chi connectivity index (χ0v) is 40.1. The smallest absolute Gasteiger partial charge is 0.139 e. The van der Waals surface area contributed by atoms with Crippen LogP contribution in [0.5, 0.6) is 0 Å². The van der Waals surface area contributed by atoms with Gasteiger partial charge in [0.25, 0.3) is 0 Å². The molecule has 1 N–H and O–H groups in total. The lowest BCUT2D eigenvalue weighted by Crippen LogP contribution is -2.61. The second-order valence-corrected chi connectivity index (χ2v) is 28.6. The molecule has 4 heteroatoms. The maximum absolute atomic E-state index is 12.4. The minimum atomic E-state index is -1.70. The van der Waals surface area contributed by atoms with Crippen molar-refractivity contribution in [3.63, 3.8) is 0 Å². The van der Waals surface area contributed by atoms with Crippen LogP contribution in [0.15, 0.2) is 84.0 Å². The molecule has 60 heavy (non-hydrogen) atoms. The Labute approximate surface area is 366 Å². The average Bonchev–Trinajstić information content (AvgIpc) is 3.72. The summed E-state index contributed by atoms with van der Waals surface area (Å²) in [4.78, 5) is 24.8. The molecule has 10 rings (SSSR count). The standard InChI is InChI=1S/C20H30O.C19H28O2.C17H22Si/c1-13-8-10-19(2)14(12-13)4-5-15-16-6-7-18(21)20(16,3)11-9-17(15)19;1-18-9-7-13(20)11-12(18)3-4-14-15-5-6-17(21)19(15,2)10-8-16(14)18;1-17(2,3)18(4,15-11-7-5-8-12-15)16-13-9-6-10-14-16/h4,13,15-17H,5-12H2,1-3H3;3,13-16,20H,4-11H2,1-2H3;5-14H,1-4H3/t13-,15?,16?,17?,19-,20-;13-,14?,15?,16?,18-,19-;/m00./s1. The first-order chi connectivity index (χ1) is 28.4. The van der Waals surface area contributed by atoms with E-state index >= 15 is 0 Å². The Morgan fingerprint density at radius 1 is 0.567 bits per heavy atom. The van der Waals surface area contributed by atoms with Crippen molar-refractivity contribution >= 4 is 30.0 Å². The molecule has 6 fully saturated rings. The number of benzene rings is 2. The lowest BCUT2D eigenvalue weighted by Gasteiger charge is -2.57. The highest BCUT2D eigenvalue weighted by atomic mass is 28.3. The van der Waals surface area contributed by atoms with Crippen LogP contribution >= 0.6 is 0 Å². The predicted octanol–water partition coefficient (Wildman–Crippen LogP) is 12.7. The third-order valence-electron chi connectivity index (χ3n) is 20.0. The van der Waals surface area contributed by atoms with E-state index in [1.165, 1.54) is 60.9 Å². The third-order valence-corrected chi connectivity index (χ3v) is 26.0. The summed E-state index contributed by atoms with van der Waals surface area (Å²) in [6.07, 6.45) is 23.2. The minimum Gasteiger partial charge on any atom is -0.393 e. The van der Waals surface area contributed by atoms with Crippen LogP contribution in [0.25, 0.3) is 0 Å². The van der Waals surface area contributed by atoms with Crippen LogP contribution in [0, 0.1) is 63.1 Å². The molecule has 0 aliphatic heterocycles. The molecular formula is C56H80O3Si. The van der Waals surface area contributed by atoms with Crippen molar-refractivity contribution in [1.82, 2.24) is 0 Å². The van der Waals surface area contributed by atoms with E-state index in [-0.39, 0.29) is 16.9 Å². The molecule has 8 aliphatic carbocycles. The number of aliphatic hydroxyl groups excluding tert-OH is 1. The van der Waals surface area contributed by atoms with Crippen molar-refractivity contribution in [3.8, 4) is 0 Å². The van der Waals surface area contributed by atoms with E-state index < -0.39 is 8.07 Å². The minimum absolute atomic E-state index is 0.0168. The number of rotatable bonds is 2. The Bertz CT molecular complexity index is 1830. The average molecular weight is 829 g/mol. The number of aliphatic hydroxyl groups is 1. The van der Waals surface area contributed by atoms with Gasteiger partial charge in [-0.05, 0) is 147 Å². The number of carbonyl (C=O) groups excluding carboxylic acids is 2. The Balaban J connectivity index is 0.000000125. The van der Waals surface area contributed by atoms with Gasteiger partial charge in [-0.2, -0.15) is 0 Å². The van der Waals surface area contributed by atoms with Gasteiger partial charge >= 0.3 is 0 Å². The van der Waals surface area contributed by atoms with Gasteiger partial charge in [0.1, 0.15) is 19.6 Å². The van der Waals surface area contributed by atoms with E-state index in [9.17, 15) is 14.7 Å². The first-order valence-corrected chi connectivity index (χ1v) is 27.1. The van der Waals surface area contributed by atoms with Crippen molar-refractivity contribution in [3.05, 3.63) is 84.0 Å². The summed E-state index contributed by atoms with van der Waals surface area (Å²) < 4.78 is 0. The maximum Gasteiger partial charge on any atom is 0.139 e. The molecule has 6 unspecified atom stereocenters. The predicted molar refractivity (Wildman–Crippen MR) is 252 cm³/mol. The summed E-state index contributed by atoms with van der Waals surface area (Å²) >= 11 is 0. The van der Waals surface area contributed by atoms with Crippen molar-refractivity contribution in [2.24, 2.45) is 63.1 Å². The summed E-state index contributed by atoms with van der Waals surface area (Å²) in [5, 5.41) is 13.3. The summed E-state index contributed by atoms with van der Waals surface area (Å²) in [7, 11) is -1.70. The molecule has 0 amide bonds. The normalized spacial score (nSPS) is 40.6. The molecule has 0 aromatic heterocycles. The molecule has 8 aliphatic rings.